The summed E-state index contributed by atoms with van der Waals surface area (Å²) in [4.78, 5) is 11.3. The Bertz CT molecular complexity index is 407. The largest absolute Gasteiger partial charge is 0.504 e. The molecule has 0 saturated heterocycles. The molecule has 0 aromatic heterocycles. The lowest BCUT2D eigenvalue weighted by molar-refractivity contribution is -0.147. The summed E-state index contributed by atoms with van der Waals surface area (Å²) in [5.74, 6) is -1.43. The number of hydrogen-bond donors (Lipinski definition) is 4. The van der Waals surface area contributed by atoms with Crippen LogP contribution in [0.15, 0.2) is 18.2 Å². The molecule has 1 aromatic carbocycles. The van der Waals surface area contributed by atoms with E-state index in [0.717, 1.165) is 6.07 Å². The third-order valence-electron chi connectivity index (χ3n) is 2.24. The maximum atomic E-state index is 11.3. The first kappa shape index (κ1) is 13.3. The minimum Gasteiger partial charge on any atom is -0.504 e. The zero-order valence-electron chi connectivity index (χ0n) is 9.33. The van der Waals surface area contributed by atoms with E-state index in [1.54, 1.807) is 6.92 Å². The van der Waals surface area contributed by atoms with Crippen molar-refractivity contribution in [3.05, 3.63) is 23.8 Å². The van der Waals surface area contributed by atoms with E-state index < -0.39 is 23.9 Å². The van der Waals surface area contributed by atoms with Crippen molar-refractivity contribution in [1.82, 2.24) is 0 Å². The van der Waals surface area contributed by atoms with E-state index in [4.69, 9.17) is 10.8 Å². The van der Waals surface area contributed by atoms with Crippen LogP contribution in [0.3, 0.4) is 0 Å². The number of aliphatic hydroxyl groups excluding tert-OH is 1. The second-order valence-electron chi connectivity index (χ2n) is 3.47. The number of carbonyl (C=O) groups is 1. The molecular formula is C11H15NO5. The van der Waals surface area contributed by atoms with Crippen LogP contribution in [0.5, 0.6) is 11.5 Å². The second-order valence-corrected chi connectivity index (χ2v) is 3.47. The van der Waals surface area contributed by atoms with Gasteiger partial charge in [0.05, 0.1) is 6.61 Å². The number of rotatable bonds is 4. The van der Waals surface area contributed by atoms with Gasteiger partial charge in [0.25, 0.3) is 0 Å². The molecule has 2 atom stereocenters. The monoisotopic (exact) mass is 241 g/mol. The van der Waals surface area contributed by atoms with Crippen molar-refractivity contribution >= 4 is 5.97 Å². The third-order valence-corrected chi connectivity index (χ3v) is 2.24. The minimum atomic E-state index is -1.31. The summed E-state index contributed by atoms with van der Waals surface area (Å²) in [5.41, 5.74) is 5.72. The number of nitrogens with two attached hydrogens (primary N) is 1. The van der Waals surface area contributed by atoms with Gasteiger partial charge in [0.2, 0.25) is 0 Å². The number of ether oxygens (including phenoxy) is 1. The van der Waals surface area contributed by atoms with Gasteiger partial charge in [0, 0.05) is 0 Å². The zero-order valence-corrected chi connectivity index (χ0v) is 9.33. The minimum absolute atomic E-state index is 0.167. The lowest BCUT2D eigenvalue weighted by Crippen LogP contribution is -2.38. The van der Waals surface area contributed by atoms with Crippen molar-refractivity contribution in [2.45, 2.75) is 19.1 Å². The highest BCUT2D eigenvalue weighted by atomic mass is 16.5. The van der Waals surface area contributed by atoms with Crippen molar-refractivity contribution in [3.8, 4) is 11.5 Å². The van der Waals surface area contributed by atoms with Gasteiger partial charge in [-0.25, -0.2) is 0 Å². The average Bonchev–Trinajstić information content (AvgIpc) is 2.31. The van der Waals surface area contributed by atoms with Gasteiger partial charge in [0.1, 0.15) is 12.1 Å². The first-order valence-corrected chi connectivity index (χ1v) is 5.09. The SMILES string of the molecule is CCOC(=O)[C@H](N)[C@@H](O)c1ccc(O)c(O)c1. The van der Waals surface area contributed by atoms with Crippen LogP contribution in [-0.4, -0.2) is 33.9 Å². The van der Waals surface area contributed by atoms with Gasteiger partial charge < -0.3 is 25.8 Å². The highest BCUT2D eigenvalue weighted by Gasteiger charge is 2.25. The number of aliphatic hydroxyl groups is 1. The first-order valence-electron chi connectivity index (χ1n) is 5.09. The molecule has 17 heavy (non-hydrogen) atoms. The number of carbonyl (C=O) groups excluding carboxylic acids is 1. The van der Waals surface area contributed by atoms with E-state index in [9.17, 15) is 15.0 Å². The molecule has 5 N–H and O–H groups in total. The second kappa shape index (κ2) is 5.51. The Morgan fingerprint density at radius 2 is 2.06 bits per heavy atom. The van der Waals surface area contributed by atoms with Crippen LogP contribution in [0.2, 0.25) is 0 Å². The fourth-order valence-corrected chi connectivity index (χ4v) is 1.30. The molecule has 0 unspecified atom stereocenters. The molecule has 0 fully saturated rings. The van der Waals surface area contributed by atoms with Gasteiger partial charge in [0.15, 0.2) is 11.5 Å². The van der Waals surface area contributed by atoms with E-state index in [1.807, 2.05) is 0 Å². The van der Waals surface area contributed by atoms with Crippen LogP contribution in [0.1, 0.15) is 18.6 Å². The predicted molar refractivity (Wildman–Crippen MR) is 59.3 cm³/mol. The summed E-state index contributed by atoms with van der Waals surface area (Å²) in [7, 11) is 0. The third kappa shape index (κ3) is 3.08. The molecule has 1 rings (SSSR count). The van der Waals surface area contributed by atoms with E-state index in [1.165, 1.54) is 12.1 Å². The Labute approximate surface area is 98.3 Å². The number of aromatic hydroxyl groups is 2. The maximum absolute atomic E-state index is 11.3. The topological polar surface area (TPSA) is 113 Å². The number of esters is 1. The molecule has 0 bridgehead atoms. The van der Waals surface area contributed by atoms with Gasteiger partial charge >= 0.3 is 5.97 Å². The van der Waals surface area contributed by atoms with Crippen molar-refractivity contribution in [2.24, 2.45) is 5.73 Å². The molecule has 6 nitrogen and oxygen atoms in total. The maximum Gasteiger partial charge on any atom is 0.325 e. The Morgan fingerprint density at radius 3 is 2.59 bits per heavy atom. The average molecular weight is 241 g/mol. The summed E-state index contributed by atoms with van der Waals surface area (Å²) >= 11 is 0. The van der Waals surface area contributed by atoms with Crippen LogP contribution in [0.25, 0.3) is 0 Å². The van der Waals surface area contributed by atoms with E-state index in [0.29, 0.717) is 0 Å². The lowest BCUT2D eigenvalue weighted by Gasteiger charge is -2.17. The molecule has 6 heteroatoms. The van der Waals surface area contributed by atoms with Crippen molar-refractivity contribution in [2.75, 3.05) is 6.61 Å². The van der Waals surface area contributed by atoms with Crippen molar-refractivity contribution < 1.29 is 24.9 Å². The Hall–Kier alpha value is -1.79. The van der Waals surface area contributed by atoms with Crippen molar-refractivity contribution in [1.29, 1.82) is 0 Å². The van der Waals surface area contributed by atoms with Gasteiger partial charge in [-0.3, -0.25) is 4.79 Å². The molecule has 0 radical (unpaired) electrons. The molecule has 0 aliphatic heterocycles. The first-order chi connectivity index (χ1) is 7.97. The number of phenols is 2. The summed E-state index contributed by atoms with van der Waals surface area (Å²) in [6.07, 6.45) is -1.31. The van der Waals surface area contributed by atoms with E-state index >= 15 is 0 Å². The molecule has 0 spiro atoms. The molecule has 1 aromatic rings. The molecule has 0 aliphatic carbocycles. The highest BCUT2D eigenvalue weighted by Crippen LogP contribution is 2.28. The molecule has 0 saturated carbocycles. The molecule has 94 valence electrons. The number of phenolic OH excluding ortho intramolecular Hbond substituents is 2. The lowest BCUT2D eigenvalue weighted by atomic mass is 10.0. The Balaban J connectivity index is 2.84. The molecular weight excluding hydrogens is 226 g/mol. The van der Waals surface area contributed by atoms with E-state index in [-0.39, 0.29) is 17.9 Å². The van der Waals surface area contributed by atoms with Gasteiger partial charge in [-0.1, -0.05) is 6.07 Å². The fraction of sp³-hybridized carbons (Fsp3) is 0.364. The van der Waals surface area contributed by atoms with Crippen LogP contribution >= 0.6 is 0 Å². The van der Waals surface area contributed by atoms with Crippen molar-refractivity contribution in [3.63, 3.8) is 0 Å². The van der Waals surface area contributed by atoms with Gasteiger partial charge in [-0.2, -0.15) is 0 Å². The summed E-state index contributed by atoms with van der Waals surface area (Å²) < 4.78 is 4.66. The Kier molecular flexibility index (Phi) is 4.30. The predicted octanol–water partition coefficient (Wildman–Crippen LogP) is 0.0216. The molecule has 0 amide bonds. The summed E-state index contributed by atoms with van der Waals surface area (Å²) in [6.45, 7) is 1.80. The van der Waals surface area contributed by atoms with Gasteiger partial charge in [-0.15, -0.1) is 0 Å². The smallest absolute Gasteiger partial charge is 0.325 e. The number of benzene rings is 1. The van der Waals surface area contributed by atoms with Crippen LogP contribution in [0.4, 0.5) is 0 Å². The van der Waals surface area contributed by atoms with E-state index in [2.05, 4.69) is 4.74 Å². The Morgan fingerprint density at radius 1 is 1.41 bits per heavy atom. The summed E-state index contributed by atoms with van der Waals surface area (Å²) in [6, 6.07) is 2.46. The molecule has 0 aliphatic rings. The quantitative estimate of drug-likeness (QED) is 0.436. The van der Waals surface area contributed by atoms with Crippen LogP contribution in [-0.2, 0) is 9.53 Å². The highest BCUT2D eigenvalue weighted by molar-refractivity contribution is 5.76. The summed E-state index contributed by atoms with van der Waals surface area (Å²) in [5, 5.41) is 28.1. The molecule has 0 heterocycles. The van der Waals surface area contributed by atoms with Crippen LogP contribution < -0.4 is 5.73 Å². The fourth-order valence-electron chi connectivity index (χ4n) is 1.30. The van der Waals surface area contributed by atoms with Gasteiger partial charge in [-0.05, 0) is 24.6 Å². The standard InChI is InChI=1S/C11H15NO5/c1-2-17-11(16)9(12)10(15)6-3-4-7(13)8(14)5-6/h3-5,9-10,13-15H,2,12H2,1H3/t9-,10+/m1/s1. The van der Waals surface area contributed by atoms with Crippen LogP contribution in [0, 0.1) is 0 Å². The number of hydrogen-bond acceptors (Lipinski definition) is 6. The normalized spacial score (nSPS) is 14.1. The zero-order chi connectivity index (χ0) is 13.0.